The van der Waals surface area contributed by atoms with Gasteiger partial charge in [0.1, 0.15) is 24.5 Å². The van der Waals surface area contributed by atoms with E-state index in [0.29, 0.717) is 17.8 Å². The predicted octanol–water partition coefficient (Wildman–Crippen LogP) is 1.20. The van der Waals surface area contributed by atoms with Crippen LogP contribution in [-0.2, 0) is 16.8 Å². The summed E-state index contributed by atoms with van der Waals surface area (Å²) in [6.07, 6.45) is 3.04. The molecule has 3 rings (SSSR count). The lowest BCUT2D eigenvalue weighted by Gasteiger charge is -2.25. The largest absolute Gasteiger partial charge is 0.380 e. The van der Waals surface area contributed by atoms with E-state index in [1.54, 1.807) is 28.9 Å². The maximum Gasteiger partial charge on any atom is 0.380 e. The van der Waals surface area contributed by atoms with E-state index >= 15 is 0 Å². The molecule has 0 fully saturated rings. The van der Waals surface area contributed by atoms with Crippen LogP contribution in [0.2, 0.25) is 0 Å². The van der Waals surface area contributed by atoms with E-state index in [0.717, 1.165) is 5.56 Å². The van der Waals surface area contributed by atoms with Crippen molar-refractivity contribution >= 4 is 16.0 Å². The maximum atomic E-state index is 11.0. The van der Waals surface area contributed by atoms with Crippen molar-refractivity contribution in [3.05, 3.63) is 72.3 Å². The minimum Gasteiger partial charge on any atom is -0.371 e. The van der Waals surface area contributed by atoms with Gasteiger partial charge < -0.3 is 4.18 Å². The molecule has 0 amide bonds. The second-order valence-electron chi connectivity index (χ2n) is 5.25. The zero-order valence-electron chi connectivity index (χ0n) is 13.4. The highest BCUT2D eigenvalue weighted by Gasteiger charge is 2.14. The molecule has 0 unspecified atom stereocenters. The Balaban J connectivity index is 1.91. The van der Waals surface area contributed by atoms with Crippen LogP contribution >= 0.6 is 0 Å². The molecule has 10 heteroatoms. The van der Waals surface area contributed by atoms with Gasteiger partial charge in [0.25, 0.3) is 0 Å². The highest BCUT2D eigenvalue weighted by Crippen LogP contribution is 2.23. The fourth-order valence-corrected chi connectivity index (χ4v) is 2.74. The number of anilines is 1. The Labute approximate surface area is 150 Å². The van der Waals surface area contributed by atoms with Gasteiger partial charge in [-0.05, 0) is 29.8 Å². The van der Waals surface area contributed by atoms with Gasteiger partial charge in [0, 0.05) is 0 Å². The summed E-state index contributed by atoms with van der Waals surface area (Å²) in [4.78, 5) is 0. The number of hydrogen-bond acceptors (Lipinski definition) is 7. The fourth-order valence-electron chi connectivity index (χ4n) is 2.36. The molecular formula is C16H14N6O3S. The van der Waals surface area contributed by atoms with E-state index in [4.69, 9.17) is 5.14 Å². The Hall–Kier alpha value is -3.42. The number of aromatic nitrogens is 3. The van der Waals surface area contributed by atoms with E-state index in [9.17, 15) is 13.7 Å². The van der Waals surface area contributed by atoms with Crippen LogP contribution in [0.5, 0.6) is 5.75 Å². The van der Waals surface area contributed by atoms with Crippen molar-refractivity contribution in [2.45, 2.75) is 6.54 Å². The number of nitriles is 1. The van der Waals surface area contributed by atoms with Crippen molar-refractivity contribution in [3.8, 4) is 11.8 Å². The molecule has 2 N–H and O–H groups in total. The van der Waals surface area contributed by atoms with E-state index in [1.807, 2.05) is 17.1 Å². The van der Waals surface area contributed by atoms with Gasteiger partial charge in [-0.2, -0.15) is 18.8 Å². The molecule has 2 aromatic carbocycles. The lowest BCUT2D eigenvalue weighted by molar-refractivity contribution is 0.487. The summed E-state index contributed by atoms with van der Waals surface area (Å²) >= 11 is 0. The Morgan fingerprint density at radius 2 is 1.77 bits per heavy atom. The molecule has 0 saturated heterocycles. The molecule has 0 radical (unpaired) electrons. The molecular weight excluding hydrogens is 356 g/mol. The Kier molecular flexibility index (Phi) is 4.83. The van der Waals surface area contributed by atoms with Crippen LogP contribution in [0.25, 0.3) is 0 Å². The number of nitrogens with two attached hydrogens (primary N) is 1. The first-order chi connectivity index (χ1) is 12.5. The molecule has 1 aromatic heterocycles. The van der Waals surface area contributed by atoms with Crippen molar-refractivity contribution in [1.82, 2.24) is 14.9 Å². The van der Waals surface area contributed by atoms with Gasteiger partial charge in [0.05, 0.1) is 17.8 Å². The first kappa shape index (κ1) is 17.4. The van der Waals surface area contributed by atoms with E-state index in [-0.39, 0.29) is 5.75 Å². The van der Waals surface area contributed by atoms with Gasteiger partial charge in [-0.25, -0.2) is 4.68 Å². The standard InChI is InChI=1S/C16H14N6O3S/c17-9-14-3-1-2-4-16(14)22(21-11-19-20-12-21)10-13-5-7-15(8-6-13)25-26(18,23)24/h1-8,11-12H,10H2,(H2,18,23,24). The highest BCUT2D eigenvalue weighted by molar-refractivity contribution is 7.84. The van der Waals surface area contributed by atoms with Gasteiger partial charge in [-0.1, -0.05) is 24.3 Å². The second kappa shape index (κ2) is 7.22. The molecule has 0 aliphatic carbocycles. The maximum absolute atomic E-state index is 11.0. The van der Waals surface area contributed by atoms with Crippen LogP contribution in [0.15, 0.2) is 61.2 Å². The molecule has 0 aliphatic rings. The topological polar surface area (TPSA) is 127 Å². The Morgan fingerprint density at radius 3 is 2.38 bits per heavy atom. The quantitative estimate of drug-likeness (QED) is 0.690. The third-order valence-electron chi connectivity index (χ3n) is 3.46. The third kappa shape index (κ3) is 4.15. The second-order valence-corrected chi connectivity index (χ2v) is 6.40. The average Bonchev–Trinajstić information content (AvgIpc) is 3.14. The SMILES string of the molecule is N#Cc1ccccc1N(Cc1ccc(OS(N)(=O)=O)cc1)n1cnnc1. The molecule has 0 saturated carbocycles. The first-order valence-electron chi connectivity index (χ1n) is 7.39. The van der Waals surface area contributed by atoms with Crippen LogP contribution in [0, 0.1) is 11.3 Å². The summed E-state index contributed by atoms with van der Waals surface area (Å²) in [5.41, 5.74) is 2.02. The normalized spacial score (nSPS) is 10.9. The number of nitrogens with zero attached hydrogens (tertiary/aromatic N) is 5. The van der Waals surface area contributed by atoms with E-state index in [2.05, 4.69) is 20.4 Å². The monoisotopic (exact) mass is 370 g/mol. The van der Waals surface area contributed by atoms with Crippen molar-refractivity contribution in [2.75, 3.05) is 5.01 Å². The summed E-state index contributed by atoms with van der Waals surface area (Å²) in [6.45, 7) is 0.381. The molecule has 0 atom stereocenters. The first-order valence-corrected chi connectivity index (χ1v) is 8.86. The lowest BCUT2D eigenvalue weighted by atomic mass is 10.1. The van der Waals surface area contributed by atoms with Gasteiger partial charge in [0.2, 0.25) is 0 Å². The van der Waals surface area contributed by atoms with E-state index < -0.39 is 10.3 Å². The zero-order chi connectivity index (χ0) is 18.6. The number of hydrogen-bond donors (Lipinski definition) is 1. The molecule has 0 aliphatic heterocycles. The average molecular weight is 370 g/mol. The smallest absolute Gasteiger partial charge is 0.371 e. The van der Waals surface area contributed by atoms with Gasteiger partial charge in [-0.3, -0.25) is 5.01 Å². The fraction of sp³-hybridized carbons (Fsp3) is 0.0625. The van der Waals surface area contributed by atoms with Crippen LogP contribution in [0.1, 0.15) is 11.1 Å². The van der Waals surface area contributed by atoms with Crippen molar-refractivity contribution < 1.29 is 12.6 Å². The highest BCUT2D eigenvalue weighted by atomic mass is 32.2. The molecule has 0 bridgehead atoms. The lowest BCUT2D eigenvalue weighted by Crippen LogP contribution is -2.28. The van der Waals surface area contributed by atoms with Crippen LogP contribution < -0.4 is 14.3 Å². The van der Waals surface area contributed by atoms with Crippen LogP contribution in [0.4, 0.5) is 5.69 Å². The summed E-state index contributed by atoms with van der Waals surface area (Å²) in [7, 11) is -4.07. The number of para-hydroxylation sites is 1. The molecule has 3 aromatic rings. The molecule has 132 valence electrons. The molecule has 26 heavy (non-hydrogen) atoms. The number of rotatable bonds is 6. The molecule has 9 nitrogen and oxygen atoms in total. The predicted molar refractivity (Wildman–Crippen MR) is 92.9 cm³/mol. The minimum atomic E-state index is -4.07. The van der Waals surface area contributed by atoms with Crippen molar-refractivity contribution in [1.29, 1.82) is 5.26 Å². The van der Waals surface area contributed by atoms with Gasteiger partial charge in [0.15, 0.2) is 0 Å². The minimum absolute atomic E-state index is 0.115. The summed E-state index contributed by atoms with van der Waals surface area (Å²) in [5, 5.41) is 23.7. The van der Waals surface area contributed by atoms with Crippen LogP contribution in [-0.4, -0.2) is 23.3 Å². The Bertz CT molecular complexity index is 1030. The van der Waals surface area contributed by atoms with Gasteiger partial charge >= 0.3 is 10.3 Å². The molecule has 0 spiro atoms. The summed E-state index contributed by atoms with van der Waals surface area (Å²) in [5.74, 6) is 0.115. The summed E-state index contributed by atoms with van der Waals surface area (Å²) in [6, 6.07) is 15.7. The van der Waals surface area contributed by atoms with E-state index in [1.165, 1.54) is 24.8 Å². The van der Waals surface area contributed by atoms with Crippen molar-refractivity contribution in [2.24, 2.45) is 5.14 Å². The summed E-state index contributed by atoms with van der Waals surface area (Å²) < 4.78 is 28.2. The Morgan fingerprint density at radius 1 is 1.12 bits per heavy atom. The zero-order valence-corrected chi connectivity index (χ0v) is 14.2. The number of benzene rings is 2. The third-order valence-corrected chi connectivity index (χ3v) is 3.88. The molecule has 1 heterocycles. The van der Waals surface area contributed by atoms with Crippen LogP contribution in [0.3, 0.4) is 0 Å². The van der Waals surface area contributed by atoms with Crippen molar-refractivity contribution in [3.63, 3.8) is 0 Å². The van der Waals surface area contributed by atoms with Gasteiger partial charge in [-0.15, -0.1) is 10.2 Å².